The van der Waals surface area contributed by atoms with E-state index in [1.165, 1.54) is 12.8 Å². The Morgan fingerprint density at radius 1 is 1.25 bits per heavy atom. The van der Waals surface area contributed by atoms with E-state index in [-0.39, 0.29) is 5.75 Å². The van der Waals surface area contributed by atoms with E-state index in [1.807, 2.05) is 0 Å². The smallest absolute Gasteiger partial charge is 0.212 e. The molecule has 1 aliphatic carbocycles. The second-order valence-corrected chi connectivity index (χ2v) is 5.81. The van der Waals surface area contributed by atoms with Gasteiger partial charge in [-0.1, -0.05) is 12.8 Å². The van der Waals surface area contributed by atoms with E-state index in [1.54, 1.807) is 11.2 Å². The Kier molecular flexibility index (Phi) is 1.92. The third-order valence-corrected chi connectivity index (χ3v) is 4.86. The van der Waals surface area contributed by atoms with Crippen molar-refractivity contribution in [2.24, 2.45) is 0 Å². The van der Waals surface area contributed by atoms with Gasteiger partial charge in [-0.05, 0) is 19.8 Å². The van der Waals surface area contributed by atoms with Crippen LogP contribution in [0.1, 0.15) is 32.6 Å². The SMILES string of the molecule is CCS(=O)(=O)N1[C@@H]2CCCC[C@H]21. The molecule has 0 spiro atoms. The van der Waals surface area contributed by atoms with Gasteiger partial charge in [0, 0.05) is 12.1 Å². The van der Waals surface area contributed by atoms with Crippen molar-refractivity contribution in [2.75, 3.05) is 5.75 Å². The van der Waals surface area contributed by atoms with Crippen LogP contribution in [0.25, 0.3) is 0 Å². The minimum absolute atomic E-state index is 0.264. The van der Waals surface area contributed by atoms with Crippen LogP contribution in [0.2, 0.25) is 0 Å². The fourth-order valence-corrected chi connectivity index (χ4v) is 3.78. The van der Waals surface area contributed by atoms with Crippen LogP contribution in [0.3, 0.4) is 0 Å². The summed E-state index contributed by atoms with van der Waals surface area (Å²) in [4.78, 5) is 0. The quantitative estimate of drug-likeness (QED) is 0.607. The Labute approximate surface area is 73.8 Å². The molecule has 1 heterocycles. The molecule has 0 aromatic carbocycles. The predicted molar refractivity (Wildman–Crippen MR) is 47.3 cm³/mol. The van der Waals surface area contributed by atoms with Gasteiger partial charge in [0.2, 0.25) is 10.0 Å². The molecule has 0 bridgehead atoms. The maximum atomic E-state index is 11.5. The molecule has 0 aromatic rings. The van der Waals surface area contributed by atoms with E-state index < -0.39 is 10.0 Å². The fourth-order valence-electron chi connectivity index (χ4n) is 2.22. The summed E-state index contributed by atoms with van der Waals surface area (Å²) in [6.07, 6.45) is 4.58. The summed E-state index contributed by atoms with van der Waals surface area (Å²) in [7, 11) is -2.87. The Morgan fingerprint density at radius 3 is 2.17 bits per heavy atom. The zero-order chi connectivity index (χ0) is 8.77. The van der Waals surface area contributed by atoms with Gasteiger partial charge in [0.25, 0.3) is 0 Å². The molecule has 2 rings (SSSR count). The molecule has 0 N–H and O–H groups in total. The minimum Gasteiger partial charge on any atom is -0.212 e. The highest BCUT2D eigenvalue weighted by Crippen LogP contribution is 2.42. The first-order valence-corrected chi connectivity index (χ1v) is 6.29. The first-order chi connectivity index (χ1) is 5.67. The summed E-state index contributed by atoms with van der Waals surface area (Å²) in [5, 5.41) is 0. The van der Waals surface area contributed by atoms with Crippen LogP contribution in [-0.2, 0) is 10.0 Å². The Morgan fingerprint density at radius 2 is 1.75 bits per heavy atom. The second kappa shape index (κ2) is 2.70. The zero-order valence-corrected chi connectivity index (χ0v) is 8.18. The fraction of sp³-hybridized carbons (Fsp3) is 1.00. The van der Waals surface area contributed by atoms with Crippen LogP contribution in [0.5, 0.6) is 0 Å². The van der Waals surface area contributed by atoms with E-state index in [2.05, 4.69) is 0 Å². The van der Waals surface area contributed by atoms with Gasteiger partial charge in [0.15, 0.2) is 0 Å². The molecule has 1 aliphatic heterocycles. The highest BCUT2D eigenvalue weighted by atomic mass is 32.2. The highest BCUT2D eigenvalue weighted by molar-refractivity contribution is 7.89. The van der Waals surface area contributed by atoms with Crippen LogP contribution in [0.4, 0.5) is 0 Å². The Bertz CT molecular complexity index is 261. The number of nitrogens with zero attached hydrogens (tertiary/aromatic N) is 1. The summed E-state index contributed by atoms with van der Waals surface area (Å²) in [6.45, 7) is 1.72. The van der Waals surface area contributed by atoms with Gasteiger partial charge in [0.05, 0.1) is 5.75 Å². The van der Waals surface area contributed by atoms with E-state index in [4.69, 9.17) is 0 Å². The Balaban J connectivity index is 2.10. The molecule has 1 saturated carbocycles. The van der Waals surface area contributed by atoms with Gasteiger partial charge < -0.3 is 0 Å². The van der Waals surface area contributed by atoms with E-state index in [0.717, 1.165) is 12.8 Å². The molecule has 4 heteroatoms. The molecule has 0 radical (unpaired) electrons. The third-order valence-electron chi connectivity index (χ3n) is 2.94. The Hall–Kier alpha value is -0.0900. The van der Waals surface area contributed by atoms with Gasteiger partial charge in [0.1, 0.15) is 0 Å². The van der Waals surface area contributed by atoms with Gasteiger partial charge >= 0.3 is 0 Å². The van der Waals surface area contributed by atoms with Crippen molar-refractivity contribution < 1.29 is 8.42 Å². The summed E-state index contributed by atoms with van der Waals surface area (Å²) in [5.41, 5.74) is 0. The summed E-state index contributed by atoms with van der Waals surface area (Å²) in [6, 6.07) is 0.757. The standard InChI is InChI=1S/C8H15NO2S/c1-2-12(10,11)9-7-5-3-4-6-8(7)9/h7-8H,2-6H2,1H3/t7-,8-/m1/s1. The first-order valence-electron chi connectivity index (χ1n) is 4.68. The van der Waals surface area contributed by atoms with Gasteiger partial charge in [-0.15, -0.1) is 0 Å². The maximum Gasteiger partial charge on any atom is 0.214 e. The van der Waals surface area contributed by atoms with Crippen molar-refractivity contribution in [1.82, 2.24) is 4.31 Å². The molecule has 0 unspecified atom stereocenters. The molecule has 2 fully saturated rings. The molecule has 1 saturated heterocycles. The van der Waals surface area contributed by atoms with Crippen LogP contribution >= 0.6 is 0 Å². The van der Waals surface area contributed by atoms with Crippen LogP contribution < -0.4 is 0 Å². The molecule has 70 valence electrons. The van der Waals surface area contributed by atoms with Crippen molar-refractivity contribution in [3.63, 3.8) is 0 Å². The number of hydrogen-bond acceptors (Lipinski definition) is 2. The average Bonchev–Trinajstić information content (AvgIpc) is 2.78. The third kappa shape index (κ3) is 1.17. The van der Waals surface area contributed by atoms with Crippen molar-refractivity contribution >= 4 is 10.0 Å². The predicted octanol–water partition coefficient (Wildman–Crippen LogP) is 0.963. The van der Waals surface area contributed by atoms with E-state index >= 15 is 0 Å². The number of rotatable bonds is 2. The van der Waals surface area contributed by atoms with Crippen molar-refractivity contribution in [3.05, 3.63) is 0 Å². The molecule has 0 amide bonds. The molecule has 2 atom stereocenters. The normalized spacial score (nSPS) is 40.6. The molecule has 12 heavy (non-hydrogen) atoms. The largest absolute Gasteiger partial charge is 0.214 e. The lowest BCUT2D eigenvalue weighted by atomic mass is 10.0. The lowest BCUT2D eigenvalue weighted by Gasteiger charge is -2.02. The van der Waals surface area contributed by atoms with E-state index in [0.29, 0.717) is 12.1 Å². The first kappa shape index (κ1) is 8.51. The minimum atomic E-state index is -2.87. The molecular weight excluding hydrogens is 174 g/mol. The van der Waals surface area contributed by atoms with Gasteiger partial charge in [-0.25, -0.2) is 8.42 Å². The lowest BCUT2D eigenvalue weighted by molar-refractivity contribution is 0.546. The number of hydrogen-bond donors (Lipinski definition) is 0. The van der Waals surface area contributed by atoms with Crippen molar-refractivity contribution in [3.8, 4) is 0 Å². The molecule has 3 nitrogen and oxygen atoms in total. The monoisotopic (exact) mass is 189 g/mol. The topological polar surface area (TPSA) is 37.1 Å². The average molecular weight is 189 g/mol. The van der Waals surface area contributed by atoms with E-state index in [9.17, 15) is 8.42 Å². The number of sulfonamides is 1. The van der Waals surface area contributed by atoms with Gasteiger partial charge in [-0.3, -0.25) is 0 Å². The molecular formula is C8H15NO2S. The van der Waals surface area contributed by atoms with Crippen LogP contribution in [0.15, 0.2) is 0 Å². The van der Waals surface area contributed by atoms with Crippen molar-refractivity contribution in [2.45, 2.75) is 44.7 Å². The summed E-state index contributed by atoms with van der Waals surface area (Å²) < 4.78 is 24.6. The van der Waals surface area contributed by atoms with Crippen molar-refractivity contribution in [1.29, 1.82) is 0 Å². The van der Waals surface area contributed by atoms with Crippen LogP contribution in [0, 0.1) is 0 Å². The number of fused-ring (bicyclic) bond motifs is 1. The summed E-state index contributed by atoms with van der Waals surface area (Å²) in [5.74, 6) is 0.264. The molecule has 2 aliphatic rings. The second-order valence-electron chi connectivity index (χ2n) is 3.65. The zero-order valence-electron chi connectivity index (χ0n) is 7.36. The van der Waals surface area contributed by atoms with Crippen LogP contribution in [-0.4, -0.2) is 30.6 Å². The lowest BCUT2D eigenvalue weighted by Crippen LogP contribution is -2.17. The maximum absolute atomic E-state index is 11.5. The summed E-state index contributed by atoms with van der Waals surface area (Å²) >= 11 is 0. The highest BCUT2D eigenvalue weighted by Gasteiger charge is 2.54. The van der Waals surface area contributed by atoms with Gasteiger partial charge in [-0.2, -0.15) is 4.31 Å². The molecule has 0 aromatic heterocycles.